The summed E-state index contributed by atoms with van der Waals surface area (Å²) in [5, 5.41) is 0.725. The van der Waals surface area contributed by atoms with Crippen molar-refractivity contribution in [2.45, 2.75) is 57.0 Å². The Labute approximate surface area is 178 Å². The summed E-state index contributed by atoms with van der Waals surface area (Å²) < 4.78 is 45.9. The molecule has 31 heavy (non-hydrogen) atoms. The highest BCUT2D eigenvalue weighted by molar-refractivity contribution is 5.86. The number of alkyl halides is 3. The van der Waals surface area contributed by atoms with Crippen LogP contribution in [0, 0.1) is 0 Å². The van der Waals surface area contributed by atoms with Crippen molar-refractivity contribution in [3.05, 3.63) is 54.2 Å². The zero-order chi connectivity index (χ0) is 21.4. The summed E-state index contributed by atoms with van der Waals surface area (Å²) in [5.41, 5.74) is 1.61. The molecule has 1 saturated heterocycles. The normalized spacial score (nSPS) is 18.5. The van der Waals surface area contributed by atoms with E-state index in [-0.39, 0.29) is 6.10 Å². The third-order valence-corrected chi connectivity index (χ3v) is 6.01. The number of aromatic nitrogens is 3. The number of fused-ring (bicyclic) bond motifs is 1. The lowest BCUT2D eigenvalue weighted by atomic mass is 10.1. The van der Waals surface area contributed by atoms with Crippen molar-refractivity contribution in [1.82, 2.24) is 19.4 Å². The number of benzene rings is 1. The molecule has 3 aromatic rings. The van der Waals surface area contributed by atoms with Crippen molar-refractivity contribution in [2.24, 2.45) is 0 Å². The van der Waals surface area contributed by atoms with E-state index in [1.807, 2.05) is 18.3 Å². The molecule has 0 N–H and O–H groups in total. The standard InChI is InChI=1S/C23H25F3N4O/c24-23(25,26)15-30-13-9-19-20(30)2-1-3-21(19)31-18-7-11-29(12-8-18)14-17-6-10-27-22(28-17)16-4-5-16/h1-3,6,9-10,13,16,18H,4-5,7-8,11-12,14-15H2. The number of hydrogen-bond donors (Lipinski definition) is 0. The molecule has 5 nitrogen and oxygen atoms in total. The number of hydrogen-bond acceptors (Lipinski definition) is 4. The quantitative estimate of drug-likeness (QED) is 0.557. The summed E-state index contributed by atoms with van der Waals surface area (Å²) in [5.74, 6) is 2.18. The van der Waals surface area contributed by atoms with Crippen molar-refractivity contribution < 1.29 is 17.9 Å². The molecule has 2 aliphatic rings. The summed E-state index contributed by atoms with van der Waals surface area (Å²) in [6, 6.07) is 8.99. The molecular formula is C23H25F3N4O. The molecule has 1 aliphatic heterocycles. The van der Waals surface area contributed by atoms with Crippen molar-refractivity contribution in [3.63, 3.8) is 0 Å². The van der Waals surface area contributed by atoms with Gasteiger partial charge in [0.05, 0.1) is 11.2 Å². The zero-order valence-electron chi connectivity index (χ0n) is 17.2. The predicted molar refractivity (Wildman–Crippen MR) is 111 cm³/mol. The van der Waals surface area contributed by atoms with Crippen LogP contribution in [0.15, 0.2) is 42.7 Å². The van der Waals surface area contributed by atoms with Gasteiger partial charge in [-0.1, -0.05) is 6.07 Å². The van der Waals surface area contributed by atoms with Crippen LogP contribution in [0.5, 0.6) is 5.75 Å². The Morgan fingerprint density at radius 1 is 1.03 bits per heavy atom. The Hall–Kier alpha value is -2.61. The lowest BCUT2D eigenvalue weighted by Crippen LogP contribution is -2.38. The molecule has 2 aromatic heterocycles. The van der Waals surface area contributed by atoms with E-state index in [9.17, 15) is 13.2 Å². The van der Waals surface area contributed by atoms with Gasteiger partial charge in [0.15, 0.2) is 0 Å². The van der Waals surface area contributed by atoms with Gasteiger partial charge in [-0.05, 0) is 49.9 Å². The largest absolute Gasteiger partial charge is 0.490 e. The average Bonchev–Trinajstić information content (AvgIpc) is 3.51. The number of nitrogens with zero attached hydrogens (tertiary/aromatic N) is 4. The Balaban J connectivity index is 1.20. The second kappa shape index (κ2) is 8.15. The van der Waals surface area contributed by atoms with E-state index < -0.39 is 12.7 Å². The summed E-state index contributed by atoms with van der Waals surface area (Å²) in [6.45, 7) is 1.62. The Bertz CT molecular complexity index is 1050. The molecule has 0 atom stereocenters. The summed E-state index contributed by atoms with van der Waals surface area (Å²) in [4.78, 5) is 11.5. The number of likely N-dealkylation sites (tertiary alicyclic amines) is 1. The smallest absolute Gasteiger partial charge is 0.406 e. The van der Waals surface area contributed by atoms with Crippen LogP contribution in [-0.4, -0.2) is 44.8 Å². The number of piperidine rings is 1. The highest BCUT2D eigenvalue weighted by Gasteiger charge is 2.29. The van der Waals surface area contributed by atoms with Crippen LogP contribution < -0.4 is 4.74 Å². The van der Waals surface area contributed by atoms with Gasteiger partial charge in [-0.15, -0.1) is 0 Å². The van der Waals surface area contributed by atoms with Crippen molar-refractivity contribution in [2.75, 3.05) is 13.1 Å². The van der Waals surface area contributed by atoms with Gasteiger partial charge in [0, 0.05) is 43.3 Å². The molecule has 164 valence electrons. The zero-order valence-corrected chi connectivity index (χ0v) is 17.2. The summed E-state index contributed by atoms with van der Waals surface area (Å²) in [7, 11) is 0. The van der Waals surface area contributed by atoms with Crippen molar-refractivity contribution in [3.8, 4) is 5.75 Å². The highest BCUT2D eigenvalue weighted by Crippen LogP contribution is 2.37. The van der Waals surface area contributed by atoms with Crippen LogP contribution in [0.1, 0.15) is 43.1 Å². The third-order valence-electron chi connectivity index (χ3n) is 6.01. The molecule has 3 heterocycles. The van der Waals surface area contributed by atoms with Crippen LogP contribution in [0.3, 0.4) is 0 Å². The molecule has 8 heteroatoms. The maximum atomic E-state index is 12.8. The van der Waals surface area contributed by atoms with Crippen LogP contribution >= 0.6 is 0 Å². The van der Waals surface area contributed by atoms with Crippen LogP contribution in [0.2, 0.25) is 0 Å². The van der Waals surface area contributed by atoms with Gasteiger partial charge in [-0.2, -0.15) is 13.2 Å². The minimum Gasteiger partial charge on any atom is -0.490 e. The van der Waals surface area contributed by atoms with E-state index in [1.165, 1.54) is 23.6 Å². The van der Waals surface area contributed by atoms with Gasteiger partial charge >= 0.3 is 6.18 Å². The fraction of sp³-hybridized carbons (Fsp3) is 0.478. The molecule has 1 aliphatic carbocycles. The minimum atomic E-state index is -4.25. The van der Waals surface area contributed by atoms with Crippen LogP contribution in [-0.2, 0) is 13.1 Å². The van der Waals surface area contributed by atoms with E-state index >= 15 is 0 Å². The molecular weight excluding hydrogens is 405 g/mol. The number of ether oxygens (including phenoxy) is 1. The first kappa shape index (κ1) is 20.3. The molecule has 0 radical (unpaired) electrons. The Morgan fingerprint density at radius 2 is 1.84 bits per heavy atom. The first-order valence-corrected chi connectivity index (χ1v) is 10.8. The monoisotopic (exact) mass is 430 g/mol. The molecule has 0 spiro atoms. The van der Waals surface area contributed by atoms with Gasteiger partial charge in [0.25, 0.3) is 0 Å². The van der Waals surface area contributed by atoms with E-state index in [0.717, 1.165) is 49.4 Å². The fourth-order valence-corrected chi connectivity index (χ4v) is 4.26. The summed E-state index contributed by atoms with van der Waals surface area (Å²) >= 11 is 0. The maximum Gasteiger partial charge on any atom is 0.406 e. The van der Waals surface area contributed by atoms with E-state index in [0.29, 0.717) is 17.2 Å². The molecule has 5 rings (SSSR count). The van der Waals surface area contributed by atoms with E-state index in [1.54, 1.807) is 18.2 Å². The number of halogens is 3. The molecule has 1 aromatic carbocycles. The molecule has 0 bridgehead atoms. The van der Waals surface area contributed by atoms with Gasteiger partial charge in [0.2, 0.25) is 0 Å². The third kappa shape index (κ3) is 4.84. The Kier molecular flexibility index (Phi) is 5.33. The summed E-state index contributed by atoms with van der Waals surface area (Å²) in [6.07, 6.45) is 3.28. The van der Waals surface area contributed by atoms with Crippen molar-refractivity contribution in [1.29, 1.82) is 0 Å². The lowest BCUT2D eigenvalue weighted by molar-refractivity contribution is -0.139. The minimum absolute atomic E-state index is 0.0558. The van der Waals surface area contributed by atoms with Crippen LogP contribution in [0.25, 0.3) is 10.9 Å². The first-order valence-electron chi connectivity index (χ1n) is 10.8. The predicted octanol–water partition coefficient (Wildman–Crippen LogP) is 4.91. The first-order chi connectivity index (χ1) is 14.9. The highest BCUT2D eigenvalue weighted by atomic mass is 19.4. The Morgan fingerprint density at radius 3 is 2.58 bits per heavy atom. The lowest BCUT2D eigenvalue weighted by Gasteiger charge is -2.32. The second-order valence-electron chi connectivity index (χ2n) is 8.52. The number of rotatable bonds is 6. The second-order valence-corrected chi connectivity index (χ2v) is 8.52. The van der Waals surface area contributed by atoms with E-state index in [4.69, 9.17) is 9.72 Å². The fourth-order valence-electron chi connectivity index (χ4n) is 4.26. The van der Waals surface area contributed by atoms with Gasteiger partial charge in [0.1, 0.15) is 24.2 Å². The molecule has 1 saturated carbocycles. The van der Waals surface area contributed by atoms with Gasteiger partial charge in [-0.25, -0.2) is 9.97 Å². The maximum absolute atomic E-state index is 12.8. The SMILES string of the molecule is FC(F)(F)Cn1ccc2c(OC3CCN(Cc4ccnc(C5CC5)n4)CC3)cccc21. The molecule has 0 unspecified atom stereocenters. The van der Waals surface area contributed by atoms with Crippen LogP contribution in [0.4, 0.5) is 13.2 Å². The van der Waals surface area contributed by atoms with Gasteiger partial charge < -0.3 is 9.30 Å². The topological polar surface area (TPSA) is 43.2 Å². The van der Waals surface area contributed by atoms with E-state index in [2.05, 4.69) is 9.88 Å². The molecule has 0 amide bonds. The van der Waals surface area contributed by atoms with Gasteiger partial charge in [-0.3, -0.25) is 4.90 Å². The average molecular weight is 430 g/mol. The van der Waals surface area contributed by atoms with Crippen molar-refractivity contribution >= 4 is 10.9 Å². The molecule has 2 fully saturated rings.